The van der Waals surface area contributed by atoms with Gasteiger partial charge in [0.05, 0.1) is 18.1 Å². The predicted octanol–water partition coefficient (Wildman–Crippen LogP) is 0.947. The standard InChI is InChI=1S/C10H9NO4/c1-15-9-5-4-8(3-2-6-12)10(7-9)11(13)14/h4-5,7,12H,6H2,1H3. The number of nitro groups is 1. The number of rotatable bonds is 2. The van der Waals surface area contributed by atoms with Gasteiger partial charge in [0.1, 0.15) is 17.9 Å². The maximum atomic E-state index is 10.7. The molecule has 0 aliphatic carbocycles. The Morgan fingerprint density at radius 1 is 1.60 bits per heavy atom. The molecular weight excluding hydrogens is 198 g/mol. The Kier molecular flexibility index (Phi) is 3.66. The molecule has 1 rings (SSSR count). The molecule has 0 amide bonds. The molecule has 0 radical (unpaired) electrons. The van der Waals surface area contributed by atoms with Crippen molar-refractivity contribution in [3.05, 3.63) is 33.9 Å². The highest BCUT2D eigenvalue weighted by molar-refractivity contribution is 5.54. The Labute approximate surface area is 86.5 Å². The first kappa shape index (κ1) is 11.0. The largest absolute Gasteiger partial charge is 0.497 e. The summed E-state index contributed by atoms with van der Waals surface area (Å²) >= 11 is 0. The molecule has 0 spiro atoms. The number of aliphatic hydroxyl groups excluding tert-OH is 1. The van der Waals surface area contributed by atoms with Crippen LogP contribution in [-0.2, 0) is 0 Å². The van der Waals surface area contributed by atoms with E-state index in [0.29, 0.717) is 5.75 Å². The zero-order valence-corrected chi connectivity index (χ0v) is 8.06. The van der Waals surface area contributed by atoms with Gasteiger partial charge in [0, 0.05) is 0 Å². The van der Waals surface area contributed by atoms with Gasteiger partial charge >= 0.3 is 0 Å². The van der Waals surface area contributed by atoms with Crippen LogP contribution >= 0.6 is 0 Å². The molecule has 0 atom stereocenters. The molecule has 5 nitrogen and oxygen atoms in total. The maximum Gasteiger partial charge on any atom is 0.288 e. The molecule has 0 aliphatic heterocycles. The predicted molar refractivity (Wildman–Crippen MR) is 53.6 cm³/mol. The number of ether oxygens (including phenoxy) is 1. The quantitative estimate of drug-likeness (QED) is 0.445. The van der Waals surface area contributed by atoms with E-state index in [1.54, 1.807) is 6.07 Å². The van der Waals surface area contributed by atoms with Crippen molar-refractivity contribution >= 4 is 5.69 Å². The molecular formula is C10H9NO4. The number of benzene rings is 1. The first-order valence-corrected chi connectivity index (χ1v) is 4.11. The SMILES string of the molecule is COc1ccc(C#CCO)c([N+](=O)[O-])c1. The minimum Gasteiger partial charge on any atom is -0.497 e. The third-order valence-corrected chi connectivity index (χ3v) is 1.70. The summed E-state index contributed by atoms with van der Waals surface area (Å²) in [6, 6.07) is 4.36. The van der Waals surface area contributed by atoms with Crippen molar-refractivity contribution in [1.29, 1.82) is 0 Å². The zero-order valence-electron chi connectivity index (χ0n) is 8.06. The number of hydrogen-bond acceptors (Lipinski definition) is 4. The molecule has 0 unspecified atom stereocenters. The van der Waals surface area contributed by atoms with Gasteiger partial charge in [-0.3, -0.25) is 10.1 Å². The van der Waals surface area contributed by atoms with Gasteiger partial charge in [0.15, 0.2) is 0 Å². The second-order valence-corrected chi connectivity index (χ2v) is 2.60. The van der Waals surface area contributed by atoms with Gasteiger partial charge in [-0.1, -0.05) is 11.8 Å². The summed E-state index contributed by atoms with van der Waals surface area (Å²) in [5, 5.41) is 19.2. The molecule has 0 fully saturated rings. The topological polar surface area (TPSA) is 72.6 Å². The zero-order chi connectivity index (χ0) is 11.3. The van der Waals surface area contributed by atoms with Crippen LogP contribution in [0.1, 0.15) is 5.56 Å². The minimum atomic E-state index is -0.538. The highest BCUT2D eigenvalue weighted by atomic mass is 16.6. The Hall–Kier alpha value is -2.06. The molecule has 0 saturated heterocycles. The van der Waals surface area contributed by atoms with Crippen molar-refractivity contribution < 1.29 is 14.8 Å². The molecule has 0 aromatic heterocycles. The fourth-order valence-electron chi connectivity index (χ4n) is 1.03. The van der Waals surface area contributed by atoms with Crippen LogP contribution in [0.4, 0.5) is 5.69 Å². The molecule has 5 heteroatoms. The third-order valence-electron chi connectivity index (χ3n) is 1.70. The molecule has 15 heavy (non-hydrogen) atoms. The van der Waals surface area contributed by atoms with Gasteiger partial charge in [-0.2, -0.15) is 0 Å². The Morgan fingerprint density at radius 3 is 2.87 bits per heavy atom. The van der Waals surface area contributed by atoms with Crippen LogP contribution in [0.3, 0.4) is 0 Å². The first-order valence-electron chi connectivity index (χ1n) is 4.11. The molecule has 1 aromatic rings. The van der Waals surface area contributed by atoms with Crippen molar-refractivity contribution in [1.82, 2.24) is 0 Å². The van der Waals surface area contributed by atoms with Crippen molar-refractivity contribution in [3.8, 4) is 17.6 Å². The van der Waals surface area contributed by atoms with E-state index in [-0.39, 0.29) is 17.9 Å². The van der Waals surface area contributed by atoms with Crippen LogP contribution in [0, 0.1) is 22.0 Å². The lowest BCUT2D eigenvalue weighted by Gasteiger charge is -2.00. The number of nitrogens with zero attached hydrogens (tertiary/aromatic N) is 1. The summed E-state index contributed by atoms with van der Waals surface area (Å²) in [7, 11) is 1.43. The highest BCUT2D eigenvalue weighted by Crippen LogP contribution is 2.23. The molecule has 1 N–H and O–H groups in total. The van der Waals surface area contributed by atoms with Crippen LogP contribution in [0.25, 0.3) is 0 Å². The van der Waals surface area contributed by atoms with Crippen molar-refractivity contribution in [2.45, 2.75) is 0 Å². The summed E-state index contributed by atoms with van der Waals surface area (Å²) in [5.41, 5.74) is 0.130. The fourth-order valence-corrected chi connectivity index (χ4v) is 1.03. The van der Waals surface area contributed by atoms with Crippen LogP contribution in [0.5, 0.6) is 5.75 Å². The summed E-state index contributed by atoms with van der Waals surface area (Å²) in [6.45, 7) is -0.330. The van der Waals surface area contributed by atoms with Crippen LogP contribution in [0.15, 0.2) is 18.2 Å². The maximum absolute atomic E-state index is 10.7. The summed E-state index contributed by atoms with van der Waals surface area (Å²) in [5.74, 6) is 5.26. The summed E-state index contributed by atoms with van der Waals surface area (Å²) in [4.78, 5) is 10.1. The normalized spacial score (nSPS) is 8.93. The second-order valence-electron chi connectivity index (χ2n) is 2.60. The minimum absolute atomic E-state index is 0.129. The van der Waals surface area contributed by atoms with Crippen molar-refractivity contribution in [2.75, 3.05) is 13.7 Å². The molecule has 78 valence electrons. The van der Waals surface area contributed by atoms with E-state index in [1.165, 1.54) is 19.2 Å². The fraction of sp³-hybridized carbons (Fsp3) is 0.200. The van der Waals surface area contributed by atoms with E-state index in [2.05, 4.69) is 11.8 Å². The Bertz CT molecular complexity index is 431. The summed E-state index contributed by atoms with van der Waals surface area (Å²) in [6.07, 6.45) is 0. The van der Waals surface area contributed by atoms with Gasteiger partial charge in [-0.25, -0.2) is 0 Å². The van der Waals surface area contributed by atoms with Crippen LogP contribution < -0.4 is 4.74 Å². The lowest BCUT2D eigenvalue weighted by atomic mass is 10.2. The number of aliphatic hydroxyl groups is 1. The molecule has 0 aliphatic rings. The lowest BCUT2D eigenvalue weighted by Crippen LogP contribution is -1.93. The third kappa shape index (κ3) is 2.69. The number of methoxy groups -OCH3 is 1. The molecule has 1 aromatic carbocycles. The lowest BCUT2D eigenvalue weighted by molar-refractivity contribution is -0.385. The van der Waals surface area contributed by atoms with Gasteiger partial charge in [-0.15, -0.1) is 0 Å². The van der Waals surface area contributed by atoms with E-state index in [0.717, 1.165) is 0 Å². The average molecular weight is 207 g/mol. The summed E-state index contributed by atoms with van der Waals surface area (Å²) < 4.78 is 4.86. The molecule has 0 bridgehead atoms. The molecule has 0 heterocycles. The van der Waals surface area contributed by atoms with Crippen LogP contribution in [0.2, 0.25) is 0 Å². The number of nitro benzene ring substituents is 1. The Balaban J connectivity index is 3.21. The molecule has 0 saturated carbocycles. The van der Waals surface area contributed by atoms with E-state index in [1.807, 2.05) is 0 Å². The van der Waals surface area contributed by atoms with E-state index >= 15 is 0 Å². The van der Waals surface area contributed by atoms with Gasteiger partial charge in [-0.05, 0) is 12.1 Å². The van der Waals surface area contributed by atoms with Crippen molar-refractivity contribution in [2.24, 2.45) is 0 Å². The van der Waals surface area contributed by atoms with Gasteiger partial charge < -0.3 is 9.84 Å². The first-order chi connectivity index (χ1) is 7.19. The number of hydrogen-bond donors (Lipinski definition) is 1. The van der Waals surface area contributed by atoms with Crippen molar-refractivity contribution in [3.63, 3.8) is 0 Å². The van der Waals surface area contributed by atoms with E-state index in [4.69, 9.17) is 9.84 Å². The highest BCUT2D eigenvalue weighted by Gasteiger charge is 2.12. The average Bonchev–Trinajstić information content (AvgIpc) is 2.26. The van der Waals surface area contributed by atoms with Crippen LogP contribution in [-0.4, -0.2) is 23.7 Å². The second kappa shape index (κ2) is 4.98. The Morgan fingerprint density at radius 2 is 2.33 bits per heavy atom. The van der Waals surface area contributed by atoms with Gasteiger partial charge in [0.25, 0.3) is 5.69 Å². The smallest absolute Gasteiger partial charge is 0.288 e. The monoisotopic (exact) mass is 207 g/mol. The van der Waals surface area contributed by atoms with E-state index in [9.17, 15) is 10.1 Å². The van der Waals surface area contributed by atoms with E-state index < -0.39 is 4.92 Å². The van der Waals surface area contributed by atoms with Gasteiger partial charge in [0.2, 0.25) is 0 Å².